The summed E-state index contributed by atoms with van der Waals surface area (Å²) in [5.41, 5.74) is -0.582. The third kappa shape index (κ3) is 5.11. The zero-order chi connectivity index (χ0) is 15.5. The lowest BCUT2D eigenvalue weighted by Crippen LogP contribution is -2.36. The van der Waals surface area contributed by atoms with E-state index in [0.717, 1.165) is 37.5 Å². The molecule has 3 nitrogen and oxygen atoms in total. The van der Waals surface area contributed by atoms with E-state index in [9.17, 15) is 17.2 Å². The third-order valence-electron chi connectivity index (χ3n) is 3.77. The Labute approximate surface area is 127 Å². The van der Waals surface area contributed by atoms with Crippen molar-refractivity contribution in [2.75, 3.05) is 12.4 Å². The monoisotopic (exact) mass is 338 g/mol. The Morgan fingerprint density at radius 1 is 1.10 bits per heavy atom. The molecular weight excluding hydrogens is 322 g/mol. The molecule has 0 aromatic heterocycles. The minimum absolute atomic E-state index is 0.0596. The van der Waals surface area contributed by atoms with E-state index in [1.807, 2.05) is 0 Å². The SMILES string of the molecule is O=S(=O)(Cl)CC1(COc2cc(F)cc(F)c2)CCCCC1. The molecule has 0 heterocycles. The Morgan fingerprint density at radius 2 is 1.67 bits per heavy atom. The van der Waals surface area contributed by atoms with Crippen LogP contribution in [0.5, 0.6) is 5.75 Å². The highest BCUT2D eigenvalue weighted by molar-refractivity contribution is 8.13. The van der Waals surface area contributed by atoms with E-state index in [4.69, 9.17) is 15.4 Å². The second kappa shape index (κ2) is 6.48. The fourth-order valence-electron chi connectivity index (χ4n) is 2.85. The first kappa shape index (κ1) is 16.5. The van der Waals surface area contributed by atoms with Gasteiger partial charge in [0.15, 0.2) is 0 Å². The molecule has 1 aliphatic rings. The largest absolute Gasteiger partial charge is 0.493 e. The van der Waals surface area contributed by atoms with Gasteiger partial charge in [0.05, 0.1) is 12.4 Å². The molecule has 0 radical (unpaired) electrons. The molecule has 2 rings (SSSR count). The molecule has 0 bridgehead atoms. The van der Waals surface area contributed by atoms with E-state index < -0.39 is 26.1 Å². The van der Waals surface area contributed by atoms with Crippen LogP contribution in [-0.4, -0.2) is 20.8 Å². The van der Waals surface area contributed by atoms with Crippen LogP contribution in [0.4, 0.5) is 8.78 Å². The van der Waals surface area contributed by atoms with Gasteiger partial charge in [-0.2, -0.15) is 0 Å². The van der Waals surface area contributed by atoms with Crippen LogP contribution in [-0.2, 0) is 9.05 Å². The van der Waals surface area contributed by atoms with Gasteiger partial charge >= 0.3 is 0 Å². The molecule has 1 fully saturated rings. The van der Waals surface area contributed by atoms with Gasteiger partial charge in [0.25, 0.3) is 0 Å². The Morgan fingerprint density at radius 3 is 2.19 bits per heavy atom. The van der Waals surface area contributed by atoms with Gasteiger partial charge < -0.3 is 4.74 Å². The molecular formula is C14H17ClF2O3S. The number of hydrogen-bond acceptors (Lipinski definition) is 3. The maximum absolute atomic E-state index is 13.1. The Balaban J connectivity index is 2.11. The molecule has 1 aliphatic carbocycles. The van der Waals surface area contributed by atoms with Gasteiger partial charge in [-0.05, 0) is 12.8 Å². The van der Waals surface area contributed by atoms with Gasteiger partial charge in [0, 0.05) is 34.3 Å². The molecule has 1 aromatic carbocycles. The number of halogens is 3. The lowest BCUT2D eigenvalue weighted by Gasteiger charge is -2.35. The highest BCUT2D eigenvalue weighted by Gasteiger charge is 2.37. The van der Waals surface area contributed by atoms with Crippen LogP contribution >= 0.6 is 10.7 Å². The first-order valence-corrected chi connectivity index (χ1v) is 9.27. The van der Waals surface area contributed by atoms with Crippen molar-refractivity contribution in [3.8, 4) is 5.75 Å². The van der Waals surface area contributed by atoms with E-state index in [-0.39, 0.29) is 18.1 Å². The first-order chi connectivity index (χ1) is 9.78. The molecule has 0 atom stereocenters. The Bertz CT molecular complexity index is 578. The van der Waals surface area contributed by atoms with Gasteiger partial charge in [0.2, 0.25) is 9.05 Å². The van der Waals surface area contributed by atoms with E-state index in [1.54, 1.807) is 0 Å². The van der Waals surface area contributed by atoms with Gasteiger partial charge in [0.1, 0.15) is 17.4 Å². The normalized spacial score (nSPS) is 18.4. The van der Waals surface area contributed by atoms with Crippen LogP contribution in [0.2, 0.25) is 0 Å². The Kier molecular flexibility index (Phi) is 5.09. The van der Waals surface area contributed by atoms with Gasteiger partial charge in [-0.1, -0.05) is 19.3 Å². The van der Waals surface area contributed by atoms with Gasteiger partial charge in [-0.3, -0.25) is 0 Å². The molecule has 0 amide bonds. The molecule has 0 saturated heterocycles. The fourth-order valence-corrected chi connectivity index (χ4v) is 4.64. The number of benzene rings is 1. The number of rotatable bonds is 5. The van der Waals surface area contributed by atoms with Gasteiger partial charge in [-0.25, -0.2) is 17.2 Å². The summed E-state index contributed by atoms with van der Waals surface area (Å²) in [4.78, 5) is 0. The van der Waals surface area contributed by atoms with Crippen molar-refractivity contribution in [2.24, 2.45) is 5.41 Å². The summed E-state index contributed by atoms with van der Waals surface area (Å²) in [5, 5.41) is 0. The fraction of sp³-hybridized carbons (Fsp3) is 0.571. The first-order valence-electron chi connectivity index (χ1n) is 6.79. The molecule has 0 N–H and O–H groups in total. The summed E-state index contributed by atoms with van der Waals surface area (Å²) in [6, 6.07) is 2.91. The van der Waals surface area contributed by atoms with Crippen molar-refractivity contribution in [2.45, 2.75) is 32.1 Å². The van der Waals surface area contributed by atoms with E-state index >= 15 is 0 Å². The molecule has 1 aromatic rings. The van der Waals surface area contributed by atoms with Crippen LogP contribution in [0.25, 0.3) is 0 Å². The zero-order valence-electron chi connectivity index (χ0n) is 11.4. The van der Waals surface area contributed by atoms with Crippen LogP contribution in [0.3, 0.4) is 0 Å². The predicted molar refractivity (Wildman–Crippen MR) is 77.0 cm³/mol. The summed E-state index contributed by atoms with van der Waals surface area (Å²) in [5.74, 6) is -1.58. The molecule has 1 saturated carbocycles. The second-order valence-corrected chi connectivity index (χ2v) is 8.41. The highest BCUT2D eigenvalue weighted by Crippen LogP contribution is 2.38. The average molecular weight is 339 g/mol. The zero-order valence-corrected chi connectivity index (χ0v) is 13.0. The lowest BCUT2D eigenvalue weighted by molar-refractivity contribution is 0.118. The minimum Gasteiger partial charge on any atom is -0.493 e. The van der Waals surface area contributed by atoms with E-state index in [1.165, 1.54) is 0 Å². The predicted octanol–water partition coefficient (Wildman–Crippen LogP) is 3.86. The van der Waals surface area contributed by atoms with Crippen LogP contribution < -0.4 is 4.74 Å². The summed E-state index contributed by atoms with van der Waals surface area (Å²) >= 11 is 0. The average Bonchev–Trinajstić information content (AvgIpc) is 2.34. The third-order valence-corrected chi connectivity index (χ3v) is 5.06. The molecule has 0 unspecified atom stereocenters. The summed E-state index contributed by atoms with van der Waals surface area (Å²) < 4.78 is 54.5. The lowest BCUT2D eigenvalue weighted by atomic mass is 9.76. The van der Waals surface area contributed by atoms with Crippen molar-refractivity contribution in [1.29, 1.82) is 0 Å². The highest BCUT2D eigenvalue weighted by atomic mass is 35.7. The summed E-state index contributed by atoms with van der Waals surface area (Å²) in [7, 11) is 1.73. The molecule has 21 heavy (non-hydrogen) atoms. The van der Waals surface area contributed by atoms with Crippen molar-refractivity contribution in [3.63, 3.8) is 0 Å². The van der Waals surface area contributed by atoms with Gasteiger partial charge in [-0.15, -0.1) is 0 Å². The molecule has 0 aliphatic heterocycles. The maximum Gasteiger partial charge on any atom is 0.233 e. The minimum atomic E-state index is -3.66. The summed E-state index contributed by atoms with van der Waals surface area (Å²) in [6.07, 6.45) is 4.19. The van der Waals surface area contributed by atoms with Crippen molar-refractivity contribution >= 4 is 19.7 Å². The Hall–Kier alpha value is -0.880. The number of ether oxygens (including phenoxy) is 1. The van der Waals surface area contributed by atoms with Crippen LogP contribution in [0, 0.1) is 17.0 Å². The second-order valence-electron chi connectivity index (χ2n) is 5.64. The summed E-state index contributed by atoms with van der Waals surface area (Å²) in [6.45, 7) is 0.0852. The number of hydrogen-bond donors (Lipinski definition) is 0. The quantitative estimate of drug-likeness (QED) is 0.766. The van der Waals surface area contributed by atoms with Crippen LogP contribution in [0.15, 0.2) is 18.2 Å². The maximum atomic E-state index is 13.1. The smallest absolute Gasteiger partial charge is 0.233 e. The van der Waals surface area contributed by atoms with Crippen LogP contribution in [0.1, 0.15) is 32.1 Å². The molecule has 7 heteroatoms. The standard InChI is InChI=1S/C14H17ClF2O3S/c15-21(18,19)10-14(4-2-1-3-5-14)9-20-13-7-11(16)6-12(17)8-13/h6-8H,1-5,9-10H2. The van der Waals surface area contributed by atoms with E-state index in [2.05, 4.69) is 0 Å². The topological polar surface area (TPSA) is 43.4 Å². The van der Waals surface area contributed by atoms with Crippen molar-refractivity contribution in [1.82, 2.24) is 0 Å². The molecule has 0 spiro atoms. The van der Waals surface area contributed by atoms with Crippen molar-refractivity contribution in [3.05, 3.63) is 29.8 Å². The van der Waals surface area contributed by atoms with Crippen molar-refractivity contribution < 1.29 is 21.9 Å². The molecule has 118 valence electrons. The van der Waals surface area contributed by atoms with E-state index in [0.29, 0.717) is 12.8 Å².